The van der Waals surface area contributed by atoms with Crippen LogP contribution >= 0.6 is 0 Å². The van der Waals surface area contributed by atoms with Crippen LogP contribution < -0.4 is 10.2 Å². The van der Waals surface area contributed by atoms with E-state index in [0.717, 1.165) is 61.9 Å². The number of nitriles is 1. The van der Waals surface area contributed by atoms with Gasteiger partial charge in [0.05, 0.1) is 23.0 Å². The maximum absolute atomic E-state index is 14.1. The molecule has 1 heterocycles. The van der Waals surface area contributed by atoms with Gasteiger partial charge < -0.3 is 10.2 Å². The van der Waals surface area contributed by atoms with Crippen molar-refractivity contribution in [2.24, 2.45) is 5.92 Å². The topological polar surface area (TPSA) is 39.1 Å². The van der Waals surface area contributed by atoms with Crippen LogP contribution in [0.1, 0.15) is 50.7 Å². The molecular weight excluding hydrogens is 404 g/mol. The Balaban J connectivity index is 1.71. The Bertz CT molecular complexity index is 1040. The molecule has 1 unspecified atom stereocenters. The first-order valence-electron chi connectivity index (χ1n) is 11.2. The van der Waals surface area contributed by atoms with Crippen molar-refractivity contribution in [3.63, 3.8) is 0 Å². The molecule has 3 rings (SSSR count). The summed E-state index contributed by atoms with van der Waals surface area (Å²) in [6, 6.07) is 11.7. The number of allylic oxidation sites excluding steroid dienone is 2. The average Bonchev–Trinajstić information content (AvgIpc) is 3.22. The second-order valence-electron chi connectivity index (χ2n) is 8.62. The van der Waals surface area contributed by atoms with Crippen LogP contribution in [-0.2, 0) is 6.42 Å². The summed E-state index contributed by atoms with van der Waals surface area (Å²) in [4.78, 5) is 2.26. The summed E-state index contributed by atoms with van der Waals surface area (Å²) >= 11 is 0. The maximum atomic E-state index is 14.1. The lowest BCUT2D eigenvalue weighted by Gasteiger charge is -2.23. The van der Waals surface area contributed by atoms with Crippen molar-refractivity contribution in [2.45, 2.75) is 46.0 Å². The minimum absolute atomic E-state index is 0.279. The number of nitrogens with one attached hydrogen (secondary N) is 1. The molecule has 5 heteroatoms. The molecule has 0 radical (unpaired) electrons. The zero-order valence-electron chi connectivity index (χ0n) is 18.9. The first-order chi connectivity index (χ1) is 15.4. The fourth-order valence-corrected chi connectivity index (χ4v) is 4.23. The van der Waals surface area contributed by atoms with E-state index in [9.17, 15) is 14.0 Å². The van der Waals surface area contributed by atoms with Gasteiger partial charge in [-0.25, -0.2) is 8.78 Å². The standard InChI is InChI=1S/C27H31F2N3/c1-4-5-19(2)6-7-20(3)31-26-15-21(17-30)8-11-27(26)32-13-12-22(18-32)14-23-9-10-24(28)16-25(23)29/h6,8-11,15-16,22,31H,3-5,7,12-14,18H2,1-2H3/b19-6+. The summed E-state index contributed by atoms with van der Waals surface area (Å²) in [7, 11) is 0. The molecule has 0 amide bonds. The molecule has 1 aliphatic rings. The van der Waals surface area contributed by atoms with Gasteiger partial charge in [-0.15, -0.1) is 0 Å². The van der Waals surface area contributed by atoms with Gasteiger partial charge in [0.25, 0.3) is 0 Å². The summed E-state index contributed by atoms with van der Waals surface area (Å²) in [5.74, 6) is -0.749. The van der Waals surface area contributed by atoms with Crippen molar-refractivity contribution in [2.75, 3.05) is 23.3 Å². The van der Waals surface area contributed by atoms with Crippen LogP contribution in [0.25, 0.3) is 0 Å². The van der Waals surface area contributed by atoms with E-state index < -0.39 is 11.6 Å². The van der Waals surface area contributed by atoms with Crippen molar-refractivity contribution in [3.8, 4) is 6.07 Å². The fourth-order valence-electron chi connectivity index (χ4n) is 4.23. The summed E-state index contributed by atoms with van der Waals surface area (Å²) in [6.07, 6.45) is 6.62. The number of rotatable bonds is 9. The Labute approximate surface area is 190 Å². The predicted molar refractivity (Wildman–Crippen MR) is 128 cm³/mol. The average molecular weight is 436 g/mol. The number of nitrogens with zero attached hydrogens (tertiary/aromatic N) is 2. The predicted octanol–water partition coefficient (Wildman–Crippen LogP) is 6.97. The number of benzene rings is 2. The van der Waals surface area contributed by atoms with Crippen LogP contribution in [-0.4, -0.2) is 13.1 Å². The molecule has 0 aromatic heterocycles. The van der Waals surface area contributed by atoms with E-state index in [4.69, 9.17) is 0 Å². The zero-order chi connectivity index (χ0) is 23.1. The third-order valence-electron chi connectivity index (χ3n) is 5.93. The molecule has 168 valence electrons. The highest BCUT2D eigenvalue weighted by Crippen LogP contribution is 2.34. The molecule has 1 saturated heterocycles. The fraction of sp³-hybridized carbons (Fsp3) is 0.370. The molecule has 2 aromatic carbocycles. The zero-order valence-corrected chi connectivity index (χ0v) is 18.9. The number of anilines is 2. The van der Waals surface area contributed by atoms with Gasteiger partial charge in [-0.2, -0.15) is 5.26 Å². The van der Waals surface area contributed by atoms with E-state index in [1.165, 1.54) is 11.6 Å². The lowest BCUT2D eigenvalue weighted by Crippen LogP contribution is -2.21. The Morgan fingerprint density at radius 1 is 1.28 bits per heavy atom. The van der Waals surface area contributed by atoms with E-state index in [0.29, 0.717) is 17.5 Å². The molecule has 1 N–H and O–H groups in total. The van der Waals surface area contributed by atoms with Gasteiger partial charge in [-0.05, 0) is 61.9 Å². The summed E-state index contributed by atoms with van der Waals surface area (Å²) in [5, 5.41) is 12.8. The van der Waals surface area contributed by atoms with Crippen LogP contribution in [0.4, 0.5) is 20.2 Å². The molecule has 3 nitrogen and oxygen atoms in total. The Morgan fingerprint density at radius 2 is 2.09 bits per heavy atom. The minimum atomic E-state index is -0.549. The largest absolute Gasteiger partial charge is 0.370 e. The van der Waals surface area contributed by atoms with Crippen molar-refractivity contribution in [1.82, 2.24) is 0 Å². The normalized spacial score (nSPS) is 16.2. The maximum Gasteiger partial charge on any atom is 0.129 e. The van der Waals surface area contributed by atoms with Crippen LogP contribution in [0.3, 0.4) is 0 Å². The number of hydrogen-bond donors (Lipinski definition) is 1. The molecular formula is C27H31F2N3. The van der Waals surface area contributed by atoms with Crippen LogP contribution in [0, 0.1) is 28.9 Å². The Hall–Kier alpha value is -3.13. The quantitative estimate of drug-likeness (QED) is 0.432. The van der Waals surface area contributed by atoms with Gasteiger partial charge in [0.1, 0.15) is 11.6 Å². The van der Waals surface area contributed by atoms with Gasteiger partial charge >= 0.3 is 0 Å². The lowest BCUT2D eigenvalue weighted by molar-refractivity contribution is 0.535. The molecule has 0 saturated carbocycles. The molecule has 1 fully saturated rings. The van der Waals surface area contributed by atoms with Gasteiger partial charge in [-0.1, -0.05) is 37.6 Å². The van der Waals surface area contributed by atoms with Gasteiger partial charge in [0, 0.05) is 31.3 Å². The van der Waals surface area contributed by atoms with Crippen LogP contribution in [0.15, 0.2) is 60.3 Å². The first kappa shape index (κ1) is 23.5. The van der Waals surface area contributed by atoms with Gasteiger partial charge in [-0.3, -0.25) is 0 Å². The number of halogens is 2. The van der Waals surface area contributed by atoms with Gasteiger partial charge in [0.15, 0.2) is 0 Å². The van der Waals surface area contributed by atoms with E-state index in [2.05, 4.69) is 42.8 Å². The molecule has 0 bridgehead atoms. The second kappa shape index (κ2) is 10.9. The first-order valence-corrected chi connectivity index (χ1v) is 11.2. The van der Waals surface area contributed by atoms with E-state index >= 15 is 0 Å². The monoisotopic (exact) mass is 435 g/mol. The molecule has 2 aromatic rings. The second-order valence-corrected chi connectivity index (χ2v) is 8.62. The minimum Gasteiger partial charge on any atom is -0.370 e. The highest BCUT2D eigenvalue weighted by atomic mass is 19.1. The third-order valence-corrected chi connectivity index (χ3v) is 5.93. The smallest absolute Gasteiger partial charge is 0.129 e. The van der Waals surface area contributed by atoms with Gasteiger partial charge in [0.2, 0.25) is 0 Å². The SMILES string of the molecule is C=C(C/C=C(\C)CCC)Nc1cc(C#N)ccc1N1CCC(Cc2ccc(F)cc2F)C1. The van der Waals surface area contributed by atoms with Crippen molar-refractivity contribution in [3.05, 3.63) is 83.1 Å². The highest BCUT2D eigenvalue weighted by molar-refractivity contribution is 5.74. The molecule has 1 atom stereocenters. The van der Waals surface area contributed by atoms with Crippen LogP contribution in [0.2, 0.25) is 0 Å². The Kier molecular flexibility index (Phi) is 8.05. The molecule has 0 spiro atoms. The number of hydrogen-bond acceptors (Lipinski definition) is 3. The van der Waals surface area contributed by atoms with E-state index in [1.807, 2.05) is 18.2 Å². The van der Waals surface area contributed by atoms with Crippen molar-refractivity contribution in [1.29, 1.82) is 5.26 Å². The van der Waals surface area contributed by atoms with Crippen molar-refractivity contribution >= 4 is 11.4 Å². The molecule has 1 aliphatic heterocycles. The highest BCUT2D eigenvalue weighted by Gasteiger charge is 2.25. The van der Waals surface area contributed by atoms with Crippen molar-refractivity contribution < 1.29 is 8.78 Å². The summed E-state index contributed by atoms with van der Waals surface area (Å²) in [6.45, 7) is 10.1. The Morgan fingerprint density at radius 3 is 2.81 bits per heavy atom. The third kappa shape index (κ3) is 6.20. The summed E-state index contributed by atoms with van der Waals surface area (Å²) in [5.41, 5.74) is 5.24. The van der Waals surface area contributed by atoms with E-state index in [-0.39, 0.29) is 5.92 Å². The molecule has 0 aliphatic carbocycles. The van der Waals surface area contributed by atoms with E-state index in [1.54, 1.807) is 6.07 Å². The van der Waals surface area contributed by atoms with Crippen LogP contribution in [0.5, 0.6) is 0 Å². The summed E-state index contributed by atoms with van der Waals surface area (Å²) < 4.78 is 27.3. The molecule has 32 heavy (non-hydrogen) atoms. The lowest BCUT2D eigenvalue weighted by atomic mass is 9.98.